The Morgan fingerprint density at radius 1 is 0.842 bits per heavy atom. The molecule has 1 fully saturated rings. The van der Waals surface area contributed by atoms with Crippen LogP contribution in [-0.4, -0.2) is 57.4 Å². The molecule has 1 amide bonds. The summed E-state index contributed by atoms with van der Waals surface area (Å²) in [6, 6.07) is 23.1. The number of piperazine rings is 1. The standard InChI is InChI=1S/C31H31N5O2/c1-31(2,3)38-30(37)35-18-16-34(17-19-35)24-11-8-22(9-12-24)23-10-13-29-27(20-33-36(29)21-23)25-14-15-32-28-7-5-4-6-26(25)28/h4-15,20-21H,16-19H2,1-3H3. The van der Waals surface area contributed by atoms with Gasteiger partial charge in [0.15, 0.2) is 0 Å². The molecule has 1 aliphatic heterocycles. The summed E-state index contributed by atoms with van der Waals surface area (Å²) in [5, 5.41) is 5.79. The number of carbonyl (C=O) groups is 1. The molecule has 0 N–H and O–H groups in total. The van der Waals surface area contributed by atoms with Crippen molar-refractivity contribution in [2.24, 2.45) is 0 Å². The summed E-state index contributed by atoms with van der Waals surface area (Å²) in [5.41, 5.74) is 7.19. The van der Waals surface area contributed by atoms with E-state index in [9.17, 15) is 4.79 Å². The summed E-state index contributed by atoms with van der Waals surface area (Å²) in [7, 11) is 0. The van der Waals surface area contributed by atoms with Gasteiger partial charge in [-0.05, 0) is 62.2 Å². The molecule has 7 heteroatoms. The van der Waals surface area contributed by atoms with Gasteiger partial charge in [0, 0.05) is 60.8 Å². The minimum atomic E-state index is -0.474. The van der Waals surface area contributed by atoms with Crippen LogP contribution < -0.4 is 4.90 Å². The zero-order valence-electron chi connectivity index (χ0n) is 22.0. The van der Waals surface area contributed by atoms with Gasteiger partial charge in [0.2, 0.25) is 0 Å². The fraction of sp³-hybridized carbons (Fsp3) is 0.258. The van der Waals surface area contributed by atoms with Crippen molar-refractivity contribution in [3.05, 3.63) is 85.3 Å². The van der Waals surface area contributed by atoms with Crippen molar-refractivity contribution in [3.8, 4) is 22.3 Å². The molecule has 0 bridgehead atoms. The van der Waals surface area contributed by atoms with Crippen LogP contribution in [0.15, 0.2) is 85.3 Å². The van der Waals surface area contributed by atoms with Gasteiger partial charge in [0.25, 0.3) is 0 Å². The first-order chi connectivity index (χ1) is 18.4. The normalized spacial score (nSPS) is 14.3. The summed E-state index contributed by atoms with van der Waals surface area (Å²) in [6.07, 6.45) is 5.63. The average molecular weight is 506 g/mol. The molecule has 38 heavy (non-hydrogen) atoms. The van der Waals surface area contributed by atoms with E-state index in [1.54, 1.807) is 4.90 Å². The van der Waals surface area contributed by atoms with E-state index in [0.717, 1.165) is 57.5 Å². The van der Waals surface area contributed by atoms with E-state index in [-0.39, 0.29) is 6.09 Å². The number of carbonyl (C=O) groups excluding carboxylic acids is 1. The minimum Gasteiger partial charge on any atom is -0.444 e. The van der Waals surface area contributed by atoms with E-state index >= 15 is 0 Å². The summed E-state index contributed by atoms with van der Waals surface area (Å²) < 4.78 is 7.47. The van der Waals surface area contributed by atoms with E-state index in [2.05, 4.69) is 69.7 Å². The Bertz CT molecular complexity index is 1600. The quantitative estimate of drug-likeness (QED) is 0.289. The van der Waals surface area contributed by atoms with Gasteiger partial charge >= 0.3 is 6.09 Å². The Morgan fingerprint density at radius 2 is 1.58 bits per heavy atom. The van der Waals surface area contributed by atoms with E-state index < -0.39 is 5.60 Å². The van der Waals surface area contributed by atoms with Crippen molar-refractivity contribution in [1.29, 1.82) is 0 Å². The molecule has 2 aromatic carbocycles. The zero-order chi connectivity index (χ0) is 26.3. The number of fused-ring (bicyclic) bond motifs is 2. The highest BCUT2D eigenvalue weighted by Crippen LogP contribution is 2.32. The van der Waals surface area contributed by atoms with Gasteiger partial charge in [-0.15, -0.1) is 0 Å². The van der Waals surface area contributed by atoms with Crippen molar-refractivity contribution in [2.45, 2.75) is 26.4 Å². The number of benzene rings is 2. The van der Waals surface area contributed by atoms with Gasteiger partial charge < -0.3 is 14.5 Å². The number of aromatic nitrogens is 3. The molecule has 6 rings (SSSR count). The maximum absolute atomic E-state index is 12.4. The van der Waals surface area contributed by atoms with Crippen molar-refractivity contribution < 1.29 is 9.53 Å². The van der Waals surface area contributed by atoms with Gasteiger partial charge in [-0.2, -0.15) is 5.10 Å². The van der Waals surface area contributed by atoms with Crippen molar-refractivity contribution >= 4 is 28.2 Å². The molecule has 4 heterocycles. The third kappa shape index (κ3) is 4.67. The molecule has 0 spiro atoms. The number of pyridine rings is 2. The second-order valence-corrected chi connectivity index (χ2v) is 10.7. The summed E-state index contributed by atoms with van der Waals surface area (Å²) in [6.45, 7) is 8.57. The Kier molecular flexibility index (Phi) is 5.98. The van der Waals surface area contributed by atoms with Crippen LogP contribution in [0.25, 0.3) is 38.7 Å². The number of nitrogens with zero attached hydrogens (tertiary/aromatic N) is 5. The molecule has 0 radical (unpaired) electrons. The fourth-order valence-electron chi connectivity index (χ4n) is 5.03. The predicted molar refractivity (Wildman–Crippen MR) is 151 cm³/mol. The first-order valence-corrected chi connectivity index (χ1v) is 13.0. The molecular formula is C31H31N5O2. The second kappa shape index (κ2) is 9.49. The second-order valence-electron chi connectivity index (χ2n) is 10.7. The van der Waals surface area contributed by atoms with Crippen molar-refractivity contribution in [2.75, 3.05) is 31.1 Å². The molecule has 0 unspecified atom stereocenters. The monoisotopic (exact) mass is 505 g/mol. The molecule has 0 atom stereocenters. The fourth-order valence-corrected chi connectivity index (χ4v) is 5.03. The number of ether oxygens (including phenoxy) is 1. The largest absolute Gasteiger partial charge is 0.444 e. The maximum atomic E-state index is 12.4. The molecule has 0 saturated carbocycles. The van der Waals surface area contributed by atoms with E-state index in [1.807, 2.05) is 55.9 Å². The molecule has 192 valence electrons. The Labute approximate surface area is 222 Å². The van der Waals surface area contributed by atoms with Crippen LogP contribution in [0.4, 0.5) is 10.5 Å². The SMILES string of the molecule is CC(C)(C)OC(=O)N1CCN(c2ccc(-c3ccc4c(-c5ccnc6ccccc56)cnn4c3)cc2)CC1. The number of para-hydroxylation sites is 1. The molecule has 1 aliphatic rings. The van der Waals surface area contributed by atoms with E-state index in [0.29, 0.717) is 13.1 Å². The lowest BCUT2D eigenvalue weighted by Crippen LogP contribution is -2.50. The van der Waals surface area contributed by atoms with Crippen LogP contribution in [0.3, 0.4) is 0 Å². The highest BCUT2D eigenvalue weighted by Gasteiger charge is 2.26. The Hall–Kier alpha value is -4.39. The zero-order valence-corrected chi connectivity index (χ0v) is 22.0. The van der Waals surface area contributed by atoms with Crippen LogP contribution in [0.1, 0.15) is 20.8 Å². The lowest BCUT2D eigenvalue weighted by Gasteiger charge is -2.36. The van der Waals surface area contributed by atoms with Crippen LogP contribution in [0.2, 0.25) is 0 Å². The van der Waals surface area contributed by atoms with Crippen LogP contribution in [-0.2, 0) is 4.74 Å². The summed E-state index contributed by atoms with van der Waals surface area (Å²) in [5.74, 6) is 0. The topological polar surface area (TPSA) is 63.0 Å². The molecule has 0 aliphatic carbocycles. The number of anilines is 1. The molecule has 5 aromatic rings. The highest BCUT2D eigenvalue weighted by atomic mass is 16.6. The molecular weight excluding hydrogens is 474 g/mol. The molecule has 1 saturated heterocycles. The first kappa shape index (κ1) is 24.0. The van der Waals surface area contributed by atoms with Crippen molar-refractivity contribution in [1.82, 2.24) is 19.5 Å². The number of amides is 1. The Balaban J connectivity index is 1.18. The van der Waals surface area contributed by atoms with E-state index in [1.165, 1.54) is 0 Å². The number of rotatable bonds is 3. The van der Waals surface area contributed by atoms with Crippen molar-refractivity contribution in [3.63, 3.8) is 0 Å². The Morgan fingerprint density at radius 3 is 2.34 bits per heavy atom. The average Bonchev–Trinajstić information content (AvgIpc) is 3.35. The highest BCUT2D eigenvalue weighted by molar-refractivity contribution is 5.98. The number of hydrogen-bond donors (Lipinski definition) is 0. The van der Waals surface area contributed by atoms with Gasteiger partial charge in [-0.25, -0.2) is 9.31 Å². The summed E-state index contributed by atoms with van der Waals surface area (Å²) >= 11 is 0. The van der Waals surface area contributed by atoms with Gasteiger partial charge in [-0.1, -0.05) is 36.4 Å². The number of hydrogen-bond acceptors (Lipinski definition) is 5. The van der Waals surface area contributed by atoms with Crippen LogP contribution >= 0.6 is 0 Å². The van der Waals surface area contributed by atoms with Gasteiger partial charge in [-0.3, -0.25) is 4.98 Å². The van der Waals surface area contributed by atoms with Crippen LogP contribution in [0, 0.1) is 0 Å². The van der Waals surface area contributed by atoms with Crippen LogP contribution in [0.5, 0.6) is 0 Å². The molecule has 7 nitrogen and oxygen atoms in total. The predicted octanol–water partition coefficient (Wildman–Crippen LogP) is 6.27. The lowest BCUT2D eigenvalue weighted by molar-refractivity contribution is 0.0240. The maximum Gasteiger partial charge on any atom is 0.410 e. The third-order valence-corrected chi connectivity index (χ3v) is 6.95. The minimum absolute atomic E-state index is 0.234. The lowest BCUT2D eigenvalue weighted by atomic mass is 10.0. The smallest absolute Gasteiger partial charge is 0.410 e. The first-order valence-electron chi connectivity index (χ1n) is 13.0. The van der Waals surface area contributed by atoms with Gasteiger partial charge in [0.1, 0.15) is 5.60 Å². The third-order valence-electron chi connectivity index (χ3n) is 6.95. The van der Waals surface area contributed by atoms with Gasteiger partial charge in [0.05, 0.1) is 17.2 Å². The molecule has 3 aromatic heterocycles. The summed E-state index contributed by atoms with van der Waals surface area (Å²) in [4.78, 5) is 21.0. The van der Waals surface area contributed by atoms with E-state index in [4.69, 9.17) is 4.74 Å².